The molecule has 27 heavy (non-hydrogen) atoms. The second kappa shape index (κ2) is 7.08. The molecule has 1 aliphatic heterocycles. The molecule has 1 amide bonds. The Morgan fingerprint density at radius 3 is 2.26 bits per heavy atom. The molecule has 0 radical (unpaired) electrons. The van der Waals surface area contributed by atoms with Gasteiger partial charge in [-0.25, -0.2) is 0 Å². The zero-order chi connectivity index (χ0) is 19.0. The van der Waals surface area contributed by atoms with E-state index >= 15 is 0 Å². The molecule has 0 atom stereocenters. The third kappa shape index (κ3) is 3.19. The number of pyridine rings is 1. The third-order valence-corrected chi connectivity index (χ3v) is 5.40. The zero-order valence-corrected chi connectivity index (χ0v) is 15.8. The van der Waals surface area contributed by atoms with Crippen molar-refractivity contribution in [1.82, 2.24) is 9.47 Å². The first-order chi connectivity index (χ1) is 13.1. The summed E-state index contributed by atoms with van der Waals surface area (Å²) >= 11 is 6.30. The summed E-state index contributed by atoms with van der Waals surface area (Å²) in [6, 6.07) is 15.0. The van der Waals surface area contributed by atoms with Crippen molar-refractivity contribution in [2.75, 3.05) is 31.1 Å². The van der Waals surface area contributed by atoms with Crippen LogP contribution in [-0.2, 0) is 7.05 Å². The lowest BCUT2D eigenvalue weighted by Gasteiger charge is -2.36. The summed E-state index contributed by atoms with van der Waals surface area (Å²) in [7, 11) is 1.68. The van der Waals surface area contributed by atoms with E-state index in [0.717, 1.165) is 23.8 Å². The maximum absolute atomic E-state index is 13.2. The number of carbonyl (C=O) groups is 1. The van der Waals surface area contributed by atoms with Gasteiger partial charge in [0, 0.05) is 50.2 Å². The van der Waals surface area contributed by atoms with Gasteiger partial charge in [-0.1, -0.05) is 41.9 Å². The minimum atomic E-state index is -0.0920. The lowest BCUT2D eigenvalue weighted by atomic mass is 10.1. The number of rotatable bonds is 2. The fourth-order valence-electron chi connectivity index (χ4n) is 3.62. The molecule has 0 N–H and O–H groups in total. The van der Waals surface area contributed by atoms with E-state index in [1.807, 2.05) is 47.4 Å². The fourth-order valence-corrected chi connectivity index (χ4v) is 3.87. The number of anilines is 1. The zero-order valence-electron chi connectivity index (χ0n) is 15.1. The minimum Gasteiger partial charge on any atom is -0.367 e. The van der Waals surface area contributed by atoms with Crippen molar-refractivity contribution < 1.29 is 4.79 Å². The van der Waals surface area contributed by atoms with E-state index in [0.29, 0.717) is 29.4 Å². The predicted octanol–water partition coefficient (Wildman–Crippen LogP) is 3.15. The Labute approximate surface area is 162 Å². The van der Waals surface area contributed by atoms with Gasteiger partial charge >= 0.3 is 0 Å². The number of fused-ring (bicyclic) bond motifs is 1. The van der Waals surface area contributed by atoms with Crippen molar-refractivity contribution in [1.29, 1.82) is 0 Å². The number of para-hydroxylation sites is 1. The van der Waals surface area contributed by atoms with E-state index in [1.165, 1.54) is 4.57 Å². The molecule has 0 unspecified atom stereocenters. The van der Waals surface area contributed by atoms with E-state index in [9.17, 15) is 9.59 Å². The van der Waals surface area contributed by atoms with Gasteiger partial charge in [0.1, 0.15) is 0 Å². The minimum absolute atomic E-state index is 0.0411. The highest BCUT2D eigenvalue weighted by Crippen LogP contribution is 2.26. The maximum Gasteiger partial charge on any atom is 0.258 e. The number of halogens is 1. The van der Waals surface area contributed by atoms with Crippen LogP contribution in [0.4, 0.5) is 5.69 Å². The Kier molecular flexibility index (Phi) is 4.62. The summed E-state index contributed by atoms with van der Waals surface area (Å²) in [5.41, 5.74) is 1.48. The molecule has 2 heterocycles. The molecule has 0 spiro atoms. The number of carbonyl (C=O) groups excluding carboxylic acids is 1. The summed E-state index contributed by atoms with van der Waals surface area (Å²) in [6.45, 7) is 2.67. The fraction of sp³-hybridized carbons (Fsp3) is 0.238. The van der Waals surface area contributed by atoms with Crippen LogP contribution in [0.5, 0.6) is 0 Å². The number of piperazine rings is 1. The molecule has 1 fully saturated rings. The molecule has 4 rings (SSSR count). The molecule has 1 aliphatic rings. The molecule has 5 nitrogen and oxygen atoms in total. The smallest absolute Gasteiger partial charge is 0.258 e. The van der Waals surface area contributed by atoms with E-state index < -0.39 is 0 Å². The van der Waals surface area contributed by atoms with E-state index in [4.69, 9.17) is 11.6 Å². The quantitative estimate of drug-likeness (QED) is 0.685. The van der Waals surface area contributed by atoms with Gasteiger partial charge < -0.3 is 14.4 Å². The predicted molar refractivity (Wildman–Crippen MR) is 109 cm³/mol. The maximum atomic E-state index is 13.2. The van der Waals surface area contributed by atoms with Crippen LogP contribution in [0.3, 0.4) is 0 Å². The Morgan fingerprint density at radius 1 is 0.926 bits per heavy atom. The monoisotopic (exact) mass is 381 g/mol. The number of amides is 1. The molecule has 6 heteroatoms. The van der Waals surface area contributed by atoms with Crippen LogP contribution >= 0.6 is 11.6 Å². The number of aromatic nitrogens is 1. The molecule has 0 saturated carbocycles. The summed E-state index contributed by atoms with van der Waals surface area (Å²) in [5, 5.41) is 2.00. The first-order valence-electron chi connectivity index (χ1n) is 8.93. The van der Waals surface area contributed by atoms with Gasteiger partial charge in [0.2, 0.25) is 0 Å². The summed E-state index contributed by atoms with van der Waals surface area (Å²) in [4.78, 5) is 29.5. The van der Waals surface area contributed by atoms with Gasteiger partial charge in [0.15, 0.2) is 0 Å². The first kappa shape index (κ1) is 17.6. The largest absolute Gasteiger partial charge is 0.367 e. The molecule has 2 aromatic carbocycles. The summed E-state index contributed by atoms with van der Waals surface area (Å²) < 4.78 is 1.48. The van der Waals surface area contributed by atoms with Crippen LogP contribution in [0.1, 0.15) is 10.4 Å². The molecule has 138 valence electrons. The Balaban J connectivity index is 1.59. The van der Waals surface area contributed by atoms with Gasteiger partial charge in [-0.15, -0.1) is 0 Å². The van der Waals surface area contributed by atoms with Gasteiger partial charge in [0.25, 0.3) is 11.5 Å². The van der Waals surface area contributed by atoms with Crippen molar-refractivity contribution in [2.45, 2.75) is 0 Å². The molecule has 3 aromatic rings. The molecular weight excluding hydrogens is 362 g/mol. The normalized spacial score (nSPS) is 14.6. The molecule has 1 saturated heterocycles. The number of hydrogen-bond donors (Lipinski definition) is 0. The van der Waals surface area contributed by atoms with Crippen LogP contribution in [0.15, 0.2) is 59.5 Å². The van der Waals surface area contributed by atoms with E-state index in [-0.39, 0.29) is 11.5 Å². The highest BCUT2D eigenvalue weighted by atomic mass is 35.5. The first-order valence-corrected chi connectivity index (χ1v) is 9.31. The summed E-state index contributed by atoms with van der Waals surface area (Å²) in [6.07, 6.45) is 1.65. The number of aryl methyl sites for hydroxylation is 1. The van der Waals surface area contributed by atoms with Gasteiger partial charge in [-0.05, 0) is 18.2 Å². The van der Waals surface area contributed by atoms with Crippen molar-refractivity contribution in [3.63, 3.8) is 0 Å². The van der Waals surface area contributed by atoms with Crippen molar-refractivity contribution >= 4 is 34.0 Å². The van der Waals surface area contributed by atoms with Gasteiger partial charge in [0.05, 0.1) is 16.3 Å². The van der Waals surface area contributed by atoms with Crippen LogP contribution in [-0.4, -0.2) is 41.6 Å². The highest BCUT2D eigenvalue weighted by Gasteiger charge is 2.25. The molecule has 1 aromatic heterocycles. The van der Waals surface area contributed by atoms with Crippen molar-refractivity contribution in [3.8, 4) is 0 Å². The van der Waals surface area contributed by atoms with E-state index in [2.05, 4.69) is 4.90 Å². The average molecular weight is 382 g/mol. The Bertz CT molecular complexity index is 1070. The lowest BCUT2D eigenvalue weighted by molar-refractivity contribution is 0.0748. The average Bonchev–Trinajstić information content (AvgIpc) is 2.71. The van der Waals surface area contributed by atoms with Gasteiger partial charge in [-0.3, -0.25) is 9.59 Å². The van der Waals surface area contributed by atoms with Gasteiger partial charge in [-0.2, -0.15) is 0 Å². The SMILES string of the molecule is Cn1cc(C(=O)N2CCN(c3ccccc3Cl)CC2)c2ccccc2c1=O. The second-order valence-corrected chi connectivity index (χ2v) is 7.14. The van der Waals surface area contributed by atoms with Crippen LogP contribution < -0.4 is 10.5 Å². The molecular formula is C21H20ClN3O2. The number of hydrogen-bond acceptors (Lipinski definition) is 3. The van der Waals surface area contributed by atoms with Crippen molar-refractivity contribution in [3.05, 3.63) is 75.7 Å². The Morgan fingerprint density at radius 2 is 1.56 bits per heavy atom. The highest BCUT2D eigenvalue weighted by molar-refractivity contribution is 6.33. The van der Waals surface area contributed by atoms with Crippen LogP contribution in [0.25, 0.3) is 10.8 Å². The van der Waals surface area contributed by atoms with E-state index in [1.54, 1.807) is 19.3 Å². The van der Waals surface area contributed by atoms with Crippen molar-refractivity contribution in [2.24, 2.45) is 7.05 Å². The Hall–Kier alpha value is -2.79. The third-order valence-electron chi connectivity index (χ3n) is 5.08. The molecule has 0 aliphatic carbocycles. The lowest BCUT2D eigenvalue weighted by Crippen LogP contribution is -2.49. The number of nitrogens with zero attached hydrogens (tertiary/aromatic N) is 3. The second-order valence-electron chi connectivity index (χ2n) is 6.74. The molecule has 0 bridgehead atoms. The topological polar surface area (TPSA) is 45.6 Å². The van der Waals surface area contributed by atoms with Crippen LogP contribution in [0.2, 0.25) is 5.02 Å². The summed E-state index contributed by atoms with van der Waals surface area (Å²) in [5.74, 6) is -0.0411. The standard InChI is InChI=1S/C21H20ClN3O2/c1-23-14-17(15-6-2-3-7-16(15)20(23)26)21(27)25-12-10-24(11-13-25)19-9-5-4-8-18(19)22/h2-9,14H,10-13H2,1H3. The van der Waals surface area contributed by atoms with Crippen LogP contribution in [0, 0.1) is 0 Å². The number of benzene rings is 2.